The highest BCUT2D eigenvalue weighted by Gasteiger charge is 2.04. The molecule has 0 amide bonds. The molecule has 2 heterocycles. The third-order valence-corrected chi connectivity index (χ3v) is 2.15. The summed E-state index contributed by atoms with van der Waals surface area (Å²) < 4.78 is 12.9. The number of rotatable bonds is 1. The van der Waals surface area contributed by atoms with Gasteiger partial charge in [-0.1, -0.05) is 0 Å². The van der Waals surface area contributed by atoms with Crippen molar-refractivity contribution in [2.75, 3.05) is 0 Å². The molecule has 0 bridgehead atoms. The number of nitrogens with one attached hydrogen (secondary N) is 1. The van der Waals surface area contributed by atoms with Gasteiger partial charge < -0.3 is 4.98 Å². The Morgan fingerprint density at radius 2 is 2.20 bits per heavy atom. The van der Waals surface area contributed by atoms with Crippen molar-refractivity contribution in [3.8, 4) is 17.2 Å². The highest BCUT2D eigenvalue weighted by atomic mass is 19.1. The molecule has 0 spiro atoms. The van der Waals surface area contributed by atoms with E-state index in [2.05, 4.69) is 9.97 Å². The van der Waals surface area contributed by atoms with Crippen molar-refractivity contribution in [3.05, 3.63) is 41.7 Å². The Balaban J connectivity index is 2.46. The number of pyridine rings is 1. The maximum atomic E-state index is 12.9. The zero-order valence-corrected chi connectivity index (χ0v) is 8.08. The Hall–Kier alpha value is -2.15. The molecule has 4 heteroatoms. The predicted octanol–water partition coefficient (Wildman–Crippen LogP) is 2.40. The van der Waals surface area contributed by atoms with E-state index < -0.39 is 5.95 Å². The second-order valence-corrected chi connectivity index (χ2v) is 3.25. The molecule has 0 radical (unpaired) electrons. The van der Waals surface area contributed by atoms with E-state index in [0.717, 1.165) is 11.1 Å². The van der Waals surface area contributed by atoms with Gasteiger partial charge in [-0.2, -0.15) is 9.65 Å². The second kappa shape index (κ2) is 3.54. The molecule has 0 unspecified atom stereocenters. The van der Waals surface area contributed by atoms with Gasteiger partial charge in [0.05, 0.1) is 0 Å². The first kappa shape index (κ1) is 9.41. The van der Waals surface area contributed by atoms with Crippen molar-refractivity contribution in [3.63, 3.8) is 0 Å². The summed E-state index contributed by atoms with van der Waals surface area (Å²) in [5.41, 5.74) is 2.60. The number of nitriles is 1. The van der Waals surface area contributed by atoms with Crippen LogP contribution in [0.2, 0.25) is 0 Å². The maximum absolute atomic E-state index is 12.9. The van der Waals surface area contributed by atoms with Gasteiger partial charge in [-0.25, -0.2) is 4.98 Å². The molecule has 2 aromatic rings. The first-order valence-electron chi connectivity index (χ1n) is 4.42. The fraction of sp³-hybridized carbons (Fsp3) is 0.0909. The van der Waals surface area contributed by atoms with Gasteiger partial charge >= 0.3 is 0 Å². The molecular weight excluding hydrogens is 193 g/mol. The molecular formula is C11H8FN3. The smallest absolute Gasteiger partial charge is 0.215 e. The summed E-state index contributed by atoms with van der Waals surface area (Å²) in [5.74, 6) is -0.463. The molecule has 0 aliphatic heterocycles. The van der Waals surface area contributed by atoms with Gasteiger partial charge in [-0.3, -0.25) is 0 Å². The number of aromatic amines is 1. The Bertz CT molecular complexity index is 537. The summed E-state index contributed by atoms with van der Waals surface area (Å²) in [6.07, 6.45) is 3.15. The first-order valence-corrected chi connectivity index (χ1v) is 4.42. The van der Waals surface area contributed by atoms with Crippen LogP contribution < -0.4 is 0 Å². The van der Waals surface area contributed by atoms with Crippen molar-refractivity contribution >= 4 is 0 Å². The first-order chi connectivity index (χ1) is 7.20. The lowest BCUT2D eigenvalue weighted by atomic mass is 10.1. The minimum absolute atomic E-state index is 0.463. The molecule has 0 saturated heterocycles. The van der Waals surface area contributed by atoms with Gasteiger partial charge in [0.25, 0.3) is 0 Å². The van der Waals surface area contributed by atoms with Gasteiger partial charge in [-0.05, 0) is 19.1 Å². The molecule has 0 fully saturated rings. The van der Waals surface area contributed by atoms with Crippen LogP contribution in [0.4, 0.5) is 4.39 Å². The summed E-state index contributed by atoms with van der Waals surface area (Å²) in [6, 6.07) is 5.40. The summed E-state index contributed by atoms with van der Waals surface area (Å²) in [5, 5.41) is 8.64. The summed E-state index contributed by atoms with van der Waals surface area (Å²) in [7, 11) is 0. The topological polar surface area (TPSA) is 52.5 Å². The molecule has 0 saturated carbocycles. The highest BCUT2D eigenvalue weighted by molar-refractivity contribution is 5.64. The fourth-order valence-corrected chi connectivity index (χ4v) is 1.34. The van der Waals surface area contributed by atoms with Crippen LogP contribution in [0, 0.1) is 24.2 Å². The van der Waals surface area contributed by atoms with E-state index in [4.69, 9.17) is 5.26 Å². The van der Waals surface area contributed by atoms with Crippen LogP contribution in [0.3, 0.4) is 0 Å². The Kier molecular flexibility index (Phi) is 2.22. The lowest BCUT2D eigenvalue weighted by Crippen LogP contribution is -1.88. The minimum Gasteiger partial charge on any atom is -0.352 e. The van der Waals surface area contributed by atoms with Crippen LogP contribution in [-0.4, -0.2) is 9.97 Å². The number of nitrogens with zero attached hydrogens (tertiary/aromatic N) is 2. The Morgan fingerprint density at radius 1 is 1.40 bits per heavy atom. The molecule has 0 aliphatic carbocycles. The molecule has 0 aromatic carbocycles. The van der Waals surface area contributed by atoms with Gasteiger partial charge in [-0.15, -0.1) is 0 Å². The van der Waals surface area contributed by atoms with E-state index in [0.29, 0.717) is 11.3 Å². The lowest BCUT2D eigenvalue weighted by Gasteiger charge is -1.99. The van der Waals surface area contributed by atoms with Gasteiger partial charge in [0.1, 0.15) is 11.8 Å². The zero-order chi connectivity index (χ0) is 10.8. The number of aryl methyl sites for hydroxylation is 1. The van der Waals surface area contributed by atoms with Crippen molar-refractivity contribution in [1.82, 2.24) is 9.97 Å². The molecule has 2 aromatic heterocycles. The van der Waals surface area contributed by atoms with E-state index in [9.17, 15) is 4.39 Å². The van der Waals surface area contributed by atoms with Gasteiger partial charge in [0.2, 0.25) is 5.95 Å². The quantitative estimate of drug-likeness (QED) is 0.720. The van der Waals surface area contributed by atoms with Crippen LogP contribution in [-0.2, 0) is 0 Å². The normalized spacial score (nSPS) is 9.93. The third-order valence-electron chi connectivity index (χ3n) is 2.15. The molecule has 0 atom stereocenters. The molecule has 1 N–H and O–H groups in total. The minimum atomic E-state index is -0.463. The standard InChI is InChI=1S/C11H8FN3/c1-7-2-8(6-15-11(7)12)9-3-10(4-13)14-5-9/h2-3,5-6,14H,1H3. The summed E-state index contributed by atoms with van der Waals surface area (Å²) in [6.45, 7) is 1.66. The van der Waals surface area contributed by atoms with Crippen LogP contribution in [0.25, 0.3) is 11.1 Å². The average Bonchev–Trinajstić information content (AvgIpc) is 2.70. The third kappa shape index (κ3) is 1.72. The van der Waals surface area contributed by atoms with E-state index >= 15 is 0 Å². The summed E-state index contributed by atoms with van der Waals surface area (Å²) >= 11 is 0. The van der Waals surface area contributed by atoms with Crippen molar-refractivity contribution in [1.29, 1.82) is 5.26 Å². The van der Waals surface area contributed by atoms with Gasteiger partial charge in [0, 0.05) is 29.1 Å². The SMILES string of the molecule is Cc1cc(-c2c[nH]c(C#N)c2)cnc1F. The number of H-pyrrole nitrogens is 1. The number of hydrogen-bond donors (Lipinski definition) is 1. The van der Waals surface area contributed by atoms with Crippen molar-refractivity contribution < 1.29 is 4.39 Å². The van der Waals surface area contributed by atoms with Gasteiger partial charge in [0.15, 0.2) is 0 Å². The number of hydrogen-bond acceptors (Lipinski definition) is 2. The maximum Gasteiger partial charge on any atom is 0.215 e. The highest BCUT2D eigenvalue weighted by Crippen LogP contribution is 2.20. The monoisotopic (exact) mass is 201 g/mol. The largest absolute Gasteiger partial charge is 0.352 e. The molecule has 0 aliphatic rings. The summed E-state index contributed by atoms with van der Waals surface area (Å²) in [4.78, 5) is 6.43. The van der Waals surface area contributed by atoms with Crippen LogP contribution >= 0.6 is 0 Å². The van der Waals surface area contributed by atoms with Crippen LogP contribution in [0.15, 0.2) is 24.5 Å². The zero-order valence-electron chi connectivity index (χ0n) is 8.08. The number of halogens is 1. The lowest BCUT2D eigenvalue weighted by molar-refractivity contribution is 0.575. The van der Waals surface area contributed by atoms with E-state index in [1.54, 1.807) is 25.3 Å². The molecule has 3 nitrogen and oxygen atoms in total. The molecule has 74 valence electrons. The van der Waals surface area contributed by atoms with Crippen molar-refractivity contribution in [2.45, 2.75) is 6.92 Å². The molecule has 15 heavy (non-hydrogen) atoms. The Labute approximate surface area is 86.2 Å². The average molecular weight is 201 g/mol. The Morgan fingerprint density at radius 3 is 2.80 bits per heavy atom. The van der Waals surface area contributed by atoms with E-state index in [1.807, 2.05) is 6.07 Å². The predicted molar refractivity (Wildman–Crippen MR) is 53.4 cm³/mol. The fourth-order valence-electron chi connectivity index (χ4n) is 1.34. The van der Waals surface area contributed by atoms with E-state index in [-0.39, 0.29) is 0 Å². The van der Waals surface area contributed by atoms with E-state index in [1.165, 1.54) is 6.20 Å². The second-order valence-electron chi connectivity index (χ2n) is 3.25. The molecule has 2 rings (SSSR count). The van der Waals surface area contributed by atoms with Crippen LogP contribution in [0.1, 0.15) is 11.3 Å². The number of aromatic nitrogens is 2. The van der Waals surface area contributed by atoms with Crippen molar-refractivity contribution in [2.24, 2.45) is 0 Å². The van der Waals surface area contributed by atoms with Crippen LogP contribution in [0.5, 0.6) is 0 Å².